The first-order valence-electron chi connectivity index (χ1n) is 5.09. The number of aliphatic hydroxyl groups excluding tert-OH is 1. The Bertz CT molecular complexity index is 123. The summed E-state index contributed by atoms with van der Waals surface area (Å²) in [5.41, 5.74) is 0. The van der Waals surface area contributed by atoms with Gasteiger partial charge in [0.25, 0.3) is 0 Å². The van der Waals surface area contributed by atoms with Crippen LogP contribution in [-0.4, -0.2) is 22.2 Å². The molecule has 0 aliphatic rings. The van der Waals surface area contributed by atoms with Crippen LogP contribution in [0.25, 0.3) is 0 Å². The van der Waals surface area contributed by atoms with Gasteiger partial charge in [0.1, 0.15) is 0 Å². The van der Waals surface area contributed by atoms with Crippen molar-refractivity contribution in [2.45, 2.75) is 50.9 Å². The second kappa shape index (κ2) is 8.64. The van der Waals surface area contributed by atoms with Crippen molar-refractivity contribution in [3.63, 3.8) is 0 Å². The van der Waals surface area contributed by atoms with Gasteiger partial charge in [-0.05, 0) is 31.9 Å². The molecule has 0 aliphatic carbocycles. The minimum Gasteiger partial charge on any atom is -0.392 e. The van der Waals surface area contributed by atoms with Crippen LogP contribution >= 0.6 is 11.8 Å². The highest BCUT2D eigenvalue weighted by Gasteiger charge is 2.07. The second-order valence-corrected chi connectivity index (χ2v) is 4.94. The van der Waals surface area contributed by atoms with Gasteiger partial charge in [0.15, 0.2) is 0 Å². The summed E-state index contributed by atoms with van der Waals surface area (Å²) in [5.74, 6) is 1.17. The zero-order valence-corrected chi connectivity index (χ0v) is 9.65. The largest absolute Gasteiger partial charge is 0.392 e. The first-order valence-corrected chi connectivity index (χ1v) is 6.14. The van der Waals surface area contributed by atoms with Crippen molar-refractivity contribution >= 4 is 11.8 Å². The topological polar surface area (TPSA) is 20.2 Å². The monoisotopic (exact) mass is 202 g/mol. The molecule has 0 fully saturated rings. The molecule has 0 amide bonds. The van der Waals surface area contributed by atoms with Crippen LogP contribution in [0, 0.1) is 0 Å². The van der Waals surface area contributed by atoms with E-state index in [1.165, 1.54) is 25.0 Å². The molecule has 0 spiro atoms. The molecule has 0 aromatic rings. The van der Waals surface area contributed by atoms with Crippen LogP contribution < -0.4 is 0 Å². The predicted molar refractivity (Wildman–Crippen MR) is 62.3 cm³/mol. The zero-order chi connectivity index (χ0) is 10.1. The van der Waals surface area contributed by atoms with Crippen molar-refractivity contribution in [2.75, 3.05) is 5.75 Å². The Hall–Kier alpha value is 0.0500. The van der Waals surface area contributed by atoms with Gasteiger partial charge < -0.3 is 5.11 Å². The van der Waals surface area contributed by atoms with E-state index in [-0.39, 0.29) is 6.10 Å². The Morgan fingerprint density at radius 3 is 2.54 bits per heavy atom. The molecule has 0 rings (SSSR count). The van der Waals surface area contributed by atoms with Gasteiger partial charge in [-0.3, -0.25) is 0 Å². The SMILES string of the molecule is C=CCCCCCSC(C)C(C)O. The Kier molecular flexibility index (Phi) is 8.67. The number of rotatable bonds is 8. The molecule has 0 aromatic carbocycles. The lowest BCUT2D eigenvalue weighted by Crippen LogP contribution is -2.15. The Balaban J connectivity index is 3.11. The van der Waals surface area contributed by atoms with Crippen LogP contribution in [0.2, 0.25) is 0 Å². The fourth-order valence-electron chi connectivity index (χ4n) is 0.976. The normalized spacial score (nSPS) is 15.3. The van der Waals surface area contributed by atoms with E-state index >= 15 is 0 Å². The van der Waals surface area contributed by atoms with E-state index in [0.29, 0.717) is 5.25 Å². The minimum absolute atomic E-state index is 0.182. The average Bonchev–Trinajstić information content (AvgIpc) is 2.10. The lowest BCUT2D eigenvalue weighted by molar-refractivity contribution is 0.196. The Morgan fingerprint density at radius 2 is 2.00 bits per heavy atom. The molecule has 0 heterocycles. The van der Waals surface area contributed by atoms with Gasteiger partial charge in [0.05, 0.1) is 6.10 Å². The molecule has 0 saturated carbocycles. The van der Waals surface area contributed by atoms with Crippen molar-refractivity contribution < 1.29 is 5.11 Å². The highest BCUT2D eigenvalue weighted by molar-refractivity contribution is 7.99. The van der Waals surface area contributed by atoms with Gasteiger partial charge in [0.2, 0.25) is 0 Å². The molecule has 2 unspecified atom stereocenters. The molecule has 0 radical (unpaired) electrons. The van der Waals surface area contributed by atoms with Crippen LogP contribution in [0.4, 0.5) is 0 Å². The van der Waals surface area contributed by atoms with Gasteiger partial charge in [-0.1, -0.05) is 19.4 Å². The molecule has 0 saturated heterocycles. The van der Waals surface area contributed by atoms with Gasteiger partial charge in [-0.25, -0.2) is 0 Å². The smallest absolute Gasteiger partial charge is 0.0627 e. The number of hydrogen-bond donors (Lipinski definition) is 1. The van der Waals surface area contributed by atoms with E-state index in [4.69, 9.17) is 0 Å². The quantitative estimate of drug-likeness (QED) is 0.482. The molecule has 0 bridgehead atoms. The van der Waals surface area contributed by atoms with E-state index in [9.17, 15) is 5.11 Å². The van der Waals surface area contributed by atoms with Crippen LogP contribution in [0.3, 0.4) is 0 Å². The number of hydrogen-bond acceptors (Lipinski definition) is 2. The molecule has 2 heteroatoms. The van der Waals surface area contributed by atoms with Crippen LogP contribution in [0.5, 0.6) is 0 Å². The molecular formula is C11H22OS. The Labute approximate surface area is 86.6 Å². The highest BCUT2D eigenvalue weighted by Crippen LogP contribution is 2.16. The molecular weight excluding hydrogens is 180 g/mol. The van der Waals surface area contributed by atoms with Gasteiger partial charge >= 0.3 is 0 Å². The van der Waals surface area contributed by atoms with Crippen LogP contribution in [0.15, 0.2) is 12.7 Å². The van der Waals surface area contributed by atoms with Gasteiger partial charge in [-0.15, -0.1) is 6.58 Å². The molecule has 1 nitrogen and oxygen atoms in total. The lowest BCUT2D eigenvalue weighted by atomic mass is 10.2. The summed E-state index contributed by atoms with van der Waals surface area (Å²) in [6, 6.07) is 0. The summed E-state index contributed by atoms with van der Waals surface area (Å²) in [6.45, 7) is 7.63. The summed E-state index contributed by atoms with van der Waals surface area (Å²) >= 11 is 1.87. The van der Waals surface area contributed by atoms with Crippen LogP contribution in [-0.2, 0) is 0 Å². The molecule has 2 atom stereocenters. The second-order valence-electron chi connectivity index (χ2n) is 3.45. The van der Waals surface area contributed by atoms with E-state index < -0.39 is 0 Å². The summed E-state index contributed by atoms with van der Waals surface area (Å²) in [7, 11) is 0. The summed E-state index contributed by atoms with van der Waals surface area (Å²) in [6.07, 6.45) is 6.73. The molecule has 0 aliphatic heterocycles. The molecule has 78 valence electrons. The maximum atomic E-state index is 9.23. The van der Waals surface area contributed by atoms with Crippen LogP contribution in [0.1, 0.15) is 39.5 Å². The van der Waals surface area contributed by atoms with Gasteiger partial charge in [0, 0.05) is 5.25 Å². The van der Waals surface area contributed by atoms with Crippen molar-refractivity contribution in [3.8, 4) is 0 Å². The van der Waals surface area contributed by atoms with E-state index in [0.717, 1.165) is 6.42 Å². The third-order valence-electron chi connectivity index (χ3n) is 2.11. The number of aliphatic hydroxyl groups is 1. The van der Waals surface area contributed by atoms with E-state index in [2.05, 4.69) is 13.5 Å². The van der Waals surface area contributed by atoms with E-state index in [1.807, 2.05) is 24.8 Å². The van der Waals surface area contributed by atoms with E-state index in [1.54, 1.807) is 0 Å². The van der Waals surface area contributed by atoms with Crippen molar-refractivity contribution in [1.82, 2.24) is 0 Å². The standard InChI is InChI=1S/C11H22OS/c1-4-5-6-7-8-9-13-11(3)10(2)12/h4,10-12H,1,5-9H2,2-3H3. The summed E-state index contributed by atoms with van der Waals surface area (Å²) in [4.78, 5) is 0. The minimum atomic E-state index is -0.182. The molecule has 0 aromatic heterocycles. The number of allylic oxidation sites excluding steroid dienone is 1. The number of unbranched alkanes of at least 4 members (excludes halogenated alkanes) is 3. The predicted octanol–water partition coefficient (Wildman–Crippen LogP) is 3.24. The maximum absolute atomic E-state index is 9.23. The average molecular weight is 202 g/mol. The molecule has 13 heavy (non-hydrogen) atoms. The van der Waals surface area contributed by atoms with Crippen molar-refractivity contribution in [1.29, 1.82) is 0 Å². The summed E-state index contributed by atoms with van der Waals surface area (Å²) in [5, 5.41) is 9.60. The third-order valence-corrected chi connectivity index (χ3v) is 3.56. The zero-order valence-electron chi connectivity index (χ0n) is 8.83. The van der Waals surface area contributed by atoms with Crippen molar-refractivity contribution in [3.05, 3.63) is 12.7 Å². The highest BCUT2D eigenvalue weighted by atomic mass is 32.2. The van der Waals surface area contributed by atoms with Gasteiger partial charge in [-0.2, -0.15) is 11.8 Å². The van der Waals surface area contributed by atoms with Crippen molar-refractivity contribution in [2.24, 2.45) is 0 Å². The Morgan fingerprint density at radius 1 is 1.31 bits per heavy atom. The maximum Gasteiger partial charge on any atom is 0.0627 e. The fraction of sp³-hybridized carbons (Fsp3) is 0.818. The number of thioether (sulfide) groups is 1. The molecule has 1 N–H and O–H groups in total. The first-order chi connectivity index (χ1) is 6.18. The summed E-state index contributed by atoms with van der Waals surface area (Å²) < 4.78 is 0. The fourth-order valence-corrected chi connectivity index (χ4v) is 2.00. The lowest BCUT2D eigenvalue weighted by Gasteiger charge is -2.13. The first kappa shape index (κ1) is 13.1. The third kappa shape index (κ3) is 8.38.